The first-order valence-corrected chi connectivity index (χ1v) is 9.50. The zero-order valence-electron chi connectivity index (χ0n) is 16.3. The molecule has 0 atom stereocenters. The molecular formula is C18H24F3IN4O2S. The van der Waals surface area contributed by atoms with E-state index < -0.39 is 11.9 Å². The molecule has 0 saturated carbocycles. The molecule has 0 fully saturated rings. The van der Waals surface area contributed by atoms with Gasteiger partial charge in [0, 0.05) is 18.5 Å². The van der Waals surface area contributed by atoms with Gasteiger partial charge in [0.1, 0.15) is 16.5 Å². The Morgan fingerprint density at radius 2 is 1.97 bits per heavy atom. The molecule has 0 aliphatic heterocycles. The molecule has 0 unspecified atom stereocenters. The van der Waals surface area contributed by atoms with Crippen LogP contribution in [0, 0.1) is 0 Å². The fourth-order valence-electron chi connectivity index (χ4n) is 2.40. The molecule has 0 radical (unpaired) electrons. The summed E-state index contributed by atoms with van der Waals surface area (Å²) < 4.78 is 48.5. The first-order valence-electron chi connectivity index (χ1n) is 8.62. The average Bonchev–Trinajstić information content (AvgIpc) is 3.15. The van der Waals surface area contributed by atoms with Crippen molar-refractivity contribution in [3.05, 3.63) is 39.8 Å². The van der Waals surface area contributed by atoms with Crippen LogP contribution in [-0.2, 0) is 19.1 Å². The number of aliphatic imine (C=N–C) groups is 1. The van der Waals surface area contributed by atoms with Crippen molar-refractivity contribution in [2.45, 2.75) is 26.1 Å². The Kier molecular flexibility index (Phi) is 10.5. The summed E-state index contributed by atoms with van der Waals surface area (Å²) in [6, 6.07) is 5.57. The molecule has 11 heteroatoms. The van der Waals surface area contributed by atoms with Crippen LogP contribution in [-0.4, -0.2) is 38.3 Å². The number of thiazole rings is 1. The maximum absolute atomic E-state index is 12.6. The summed E-state index contributed by atoms with van der Waals surface area (Å²) in [6.45, 7) is 3.16. The van der Waals surface area contributed by atoms with Crippen LogP contribution in [0.5, 0.6) is 11.5 Å². The summed E-state index contributed by atoms with van der Waals surface area (Å²) in [5.74, 6) is 2.00. The molecule has 1 aromatic carbocycles. The number of methoxy groups -OCH3 is 2. The smallest absolute Gasteiger partial charge is 0.434 e. The summed E-state index contributed by atoms with van der Waals surface area (Å²) in [5, 5.41) is 7.53. The van der Waals surface area contributed by atoms with Crippen LogP contribution in [0.25, 0.3) is 0 Å². The second-order valence-electron chi connectivity index (χ2n) is 5.67. The van der Waals surface area contributed by atoms with E-state index in [-0.39, 0.29) is 30.5 Å². The predicted molar refractivity (Wildman–Crippen MR) is 119 cm³/mol. The SMILES string of the molecule is CCNC(=NCc1nc(C(F)(F)F)cs1)NCCc1cc(OC)ccc1OC.I. The molecular weight excluding hydrogens is 520 g/mol. The summed E-state index contributed by atoms with van der Waals surface area (Å²) in [7, 11) is 3.20. The molecule has 0 saturated heterocycles. The molecule has 2 aromatic rings. The molecule has 0 aliphatic rings. The second-order valence-corrected chi connectivity index (χ2v) is 6.62. The standard InChI is InChI=1S/C18H23F3N4O2S.HI/c1-4-22-17(24-10-16-25-15(11-28-16)18(19,20)21)23-8-7-12-9-13(26-2)5-6-14(12)27-3;/h5-6,9,11H,4,7-8,10H2,1-3H3,(H2,22,23,24);1H. The molecule has 2 rings (SSSR count). The number of alkyl halides is 3. The highest BCUT2D eigenvalue weighted by Gasteiger charge is 2.33. The van der Waals surface area contributed by atoms with Crippen molar-refractivity contribution >= 4 is 41.3 Å². The average molecular weight is 544 g/mol. The number of ether oxygens (including phenoxy) is 2. The van der Waals surface area contributed by atoms with Crippen molar-refractivity contribution in [2.24, 2.45) is 4.99 Å². The summed E-state index contributed by atoms with van der Waals surface area (Å²) in [5.41, 5.74) is 0.0886. The zero-order chi connectivity index (χ0) is 20.6. The normalized spacial score (nSPS) is 11.6. The summed E-state index contributed by atoms with van der Waals surface area (Å²) >= 11 is 0.942. The number of nitrogens with one attached hydrogen (secondary N) is 2. The number of hydrogen-bond donors (Lipinski definition) is 2. The van der Waals surface area contributed by atoms with E-state index in [1.807, 2.05) is 25.1 Å². The van der Waals surface area contributed by atoms with Gasteiger partial charge in [0.2, 0.25) is 0 Å². The van der Waals surface area contributed by atoms with Gasteiger partial charge in [-0.25, -0.2) is 9.98 Å². The van der Waals surface area contributed by atoms with E-state index in [0.717, 1.165) is 33.8 Å². The van der Waals surface area contributed by atoms with Crippen LogP contribution in [0.3, 0.4) is 0 Å². The van der Waals surface area contributed by atoms with Gasteiger partial charge < -0.3 is 20.1 Å². The number of nitrogens with zero attached hydrogens (tertiary/aromatic N) is 2. The highest BCUT2D eigenvalue weighted by Crippen LogP contribution is 2.30. The van der Waals surface area contributed by atoms with Gasteiger partial charge in [-0.15, -0.1) is 35.3 Å². The lowest BCUT2D eigenvalue weighted by Gasteiger charge is -2.13. The molecule has 0 spiro atoms. The van der Waals surface area contributed by atoms with Gasteiger partial charge in [0.25, 0.3) is 0 Å². The minimum atomic E-state index is -4.43. The Morgan fingerprint density at radius 1 is 1.21 bits per heavy atom. The molecule has 6 nitrogen and oxygen atoms in total. The van der Waals surface area contributed by atoms with Gasteiger partial charge in [-0.05, 0) is 37.1 Å². The van der Waals surface area contributed by atoms with Crippen molar-refractivity contribution in [1.82, 2.24) is 15.6 Å². The van der Waals surface area contributed by atoms with Gasteiger partial charge in [-0.2, -0.15) is 13.2 Å². The minimum Gasteiger partial charge on any atom is -0.497 e. The zero-order valence-corrected chi connectivity index (χ0v) is 19.4. The maximum atomic E-state index is 12.6. The van der Waals surface area contributed by atoms with E-state index in [4.69, 9.17) is 9.47 Å². The van der Waals surface area contributed by atoms with Crippen molar-refractivity contribution in [1.29, 1.82) is 0 Å². The molecule has 0 amide bonds. The van der Waals surface area contributed by atoms with Gasteiger partial charge >= 0.3 is 6.18 Å². The lowest BCUT2D eigenvalue weighted by molar-refractivity contribution is -0.140. The highest BCUT2D eigenvalue weighted by atomic mass is 127. The van der Waals surface area contributed by atoms with Crippen LogP contribution < -0.4 is 20.1 Å². The van der Waals surface area contributed by atoms with Crippen LogP contribution in [0.2, 0.25) is 0 Å². The fourth-order valence-corrected chi connectivity index (χ4v) is 3.12. The van der Waals surface area contributed by atoms with E-state index in [1.54, 1.807) is 14.2 Å². The predicted octanol–water partition coefficient (Wildman–Crippen LogP) is 4.09. The largest absolute Gasteiger partial charge is 0.497 e. The van der Waals surface area contributed by atoms with Crippen molar-refractivity contribution in [2.75, 3.05) is 27.3 Å². The minimum absolute atomic E-state index is 0. The number of rotatable bonds is 8. The third-order valence-electron chi connectivity index (χ3n) is 3.73. The third kappa shape index (κ3) is 7.88. The maximum Gasteiger partial charge on any atom is 0.434 e. The Balaban J connectivity index is 0.00000420. The first kappa shape index (κ1) is 25.3. The fraction of sp³-hybridized carbons (Fsp3) is 0.444. The molecule has 29 heavy (non-hydrogen) atoms. The van der Waals surface area contributed by atoms with E-state index in [9.17, 15) is 13.2 Å². The number of guanidine groups is 1. The molecule has 162 valence electrons. The van der Waals surface area contributed by atoms with Crippen molar-refractivity contribution in [3.8, 4) is 11.5 Å². The van der Waals surface area contributed by atoms with E-state index >= 15 is 0 Å². The van der Waals surface area contributed by atoms with E-state index in [2.05, 4.69) is 20.6 Å². The second kappa shape index (κ2) is 12.1. The van der Waals surface area contributed by atoms with Crippen molar-refractivity contribution in [3.63, 3.8) is 0 Å². The molecule has 0 bridgehead atoms. The number of hydrogen-bond acceptors (Lipinski definition) is 5. The Morgan fingerprint density at radius 3 is 2.55 bits per heavy atom. The lowest BCUT2D eigenvalue weighted by Crippen LogP contribution is -2.38. The quantitative estimate of drug-likeness (QED) is 0.298. The molecule has 1 heterocycles. The lowest BCUT2D eigenvalue weighted by atomic mass is 10.1. The molecule has 2 N–H and O–H groups in total. The Labute approximate surface area is 188 Å². The summed E-state index contributed by atoms with van der Waals surface area (Å²) in [6.07, 6.45) is -3.78. The van der Waals surface area contributed by atoms with Gasteiger partial charge in [0.15, 0.2) is 11.7 Å². The monoisotopic (exact) mass is 544 g/mol. The van der Waals surface area contributed by atoms with E-state index in [1.165, 1.54) is 0 Å². The first-order chi connectivity index (χ1) is 13.4. The van der Waals surface area contributed by atoms with Crippen LogP contribution in [0.4, 0.5) is 13.2 Å². The van der Waals surface area contributed by atoms with Gasteiger partial charge in [0.05, 0.1) is 20.8 Å². The van der Waals surface area contributed by atoms with Crippen LogP contribution >= 0.6 is 35.3 Å². The molecule has 0 aliphatic carbocycles. The Bertz CT molecular complexity index is 800. The molecule has 1 aromatic heterocycles. The Hall–Kier alpha value is -1.76. The van der Waals surface area contributed by atoms with Crippen molar-refractivity contribution < 1.29 is 22.6 Å². The number of benzene rings is 1. The highest BCUT2D eigenvalue weighted by molar-refractivity contribution is 14.0. The number of halogens is 4. The summed E-state index contributed by atoms with van der Waals surface area (Å²) in [4.78, 5) is 7.89. The van der Waals surface area contributed by atoms with Crippen LogP contribution in [0.15, 0.2) is 28.6 Å². The number of aromatic nitrogens is 1. The van der Waals surface area contributed by atoms with Gasteiger partial charge in [-0.1, -0.05) is 0 Å². The topological polar surface area (TPSA) is 67.8 Å². The van der Waals surface area contributed by atoms with Crippen LogP contribution in [0.1, 0.15) is 23.2 Å². The van der Waals surface area contributed by atoms with E-state index in [0.29, 0.717) is 30.5 Å². The third-order valence-corrected chi connectivity index (χ3v) is 4.57. The van der Waals surface area contributed by atoms with Gasteiger partial charge in [-0.3, -0.25) is 0 Å².